The first-order chi connectivity index (χ1) is 9.70. The topological polar surface area (TPSA) is 55.8 Å². The second-order valence-corrected chi connectivity index (χ2v) is 4.69. The lowest BCUT2D eigenvalue weighted by Crippen LogP contribution is -2.49. The van der Waals surface area contributed by atoms with Crippen molar-refractivity contribution < 1.29 is 19.1 Å². The third-order valence-corrected chi connectivity index (χ3v) is 3.25. The molecule has 6 heteroatoms. The lowest BCUT2D eigenvalue weighted by molar-refractivity contribution is -0.166. The molecule has 1 atom stereocenters. The van der Waals surface area contributed by atoms with Crippen molar-refractivity contribution in [3.63, 3.8) is 0 Å². The zero-order chi connectivity index (χ0) is 14.4. The van der Waals surface area contributed by atoms with Crippen molar-refractivity contribution in [3.8, 4) is 0 Å². The molecule has 1 aromatic carbocycles. The van der Waals surface area contributed by atoms with Gasteiger partial charge in [0.25, 0.3) is 0 Å². The van der Waals surface area contributed by atoms with Crippen LogP contribution < -0.4 is 0 Å². The van der Waals surface area contributed by atoms with Crippen LogP contribution in [0, 0.1) is 0 Å². The molecular formula is C14H16ClNO4. The van der Waals surface area contributed by atoms with Gasteiger partial charge in [-0.1, -0.05) is 30.3 Å². The smallest absolute Gasteiger partial charge is 0.337 e. The van der Waals surface area contributed by atoms with Gasteiger partial charge in [-0.05, 0) is 5.56 Å². The van der Waals surface area contributed by atoms with Gasteiger partial charge in [-0.3, -0.25) is 4.79 Å². The average molecular weight is 298 g/mol. The number of hydrogen-bond acceptors (Lipinski definition) is 4. The molecule has 1 saturated heterocycles. The number of carbonyl (C=O) groups is 2. The van der Waals surface area contributed by atoms with E-state index in [1.165, 1.54) is 4.90 Å². The maximum Gasteiger partial charge on any atom is 0.337 e. The van der Waals surface area contributed by atoms with Crippen LogP contribution >= 0.6 is 11.6 Å². The Balaban J connectivity index is 1.84. The van der Waals surface area contributed by atoms with E-state index in [1.807, 2.05) is 30.3 Å². The Bertz CT molecular complexity index is 466. The van der Waals surface area contributed by atoms with Gasteiger partial charge in [-0.15, -0.1) is 11.6 Å². The predicted molar refractivity (Wildman–Crippen MR) is 73.3 cm³/mol. The van der Waals surface area contributed by atoms with Crippen molar-refractivity contribution >= 4 is 23.5 Å². The van der Waals surface area contributed by atoms with Gasteiger partial charge < -0.3 is 14.4 Å². The molecule has 1 fully saturated rings. The number of benzene rings is 1. The Labute approximate surface area is 122 Å². The molecule has 0 N–H and O–H groups in total. The molecule has 0 spiro atoms. The monoisotopic (exact) mass is 297 g/mol. The van der Waals surface area contributed by atoms with E-state index in [0.717, 1.165) is 5.56 Å². The molecule has 1 heterocycles. The van der Waals surface area contributed by atoms with Crippen molar-refractivity contribution in [1.82, 2.24) is 4.90 Å². The minimum Gasteiger partial charge on any atom is -0.459 e. The minimum atomic E-state index is -0.736. The Hall–Kier alpha value is -1.59. The number of esters is 1. The normalized spacial score (nSPS) is 18.6. The van der Waals surface area contributed by atoms with E-state index in [-0.39, 0.29) is 24.9 Å². The van der Waals surface area contributed by atoms with Gasteiger partial charge in [0.15, 0.2) is 6.10 Å². The predicted octanol–water partition coefficient (Wildman–Crippen LogP) is 1.20. The summed E-state index contributed by atoms with van der Waals surface area (Å²) in [5.74, 6) is -0.747. The van der Waals surface area contributed by atoms with E-state index in [9.17, 15) is 9.59 Å². The zero-order valence-corrected chi connectivity index (χ0v) is 11.7. The van der Waals surface area contributed by atoms with Crippen molar-refractivity contribution in [2.45, 2.75) is 12.7 Å². The first kappa shape index (κ1) is 14.8. The highest BCUT2D eigenvalue weighted by molar-refractivity contribution is 6.27. The third kappa shape index (κ3) is 3.95. The summed E-state index contributed by atoms with van der Waals surface area (Å²) in [5.41, 5.74) is 0.908. The number of hydrogen-bond donors (Lipinski definition) is 0. The molecule has 0 aromatic heterocycles. The average Bonchev–Trinajstić information content (AvgIpc) is 2.53. The summed E-state index contributed by atoms with van der Waals surface area (Å²) in [6, 6.07) is 9.39. The molecule has 0 radical (unpaired) electrons. The number of ether oxygens (including phenoxy) is 2. The SMILES string of the molecule is O=C(OCc1ccccc1)[C@H]1CN(C(=O)CCl)CCO1. The van der Waals surface area contributed by atoms with Crippen LogP contribution in [0.25, 0.3) is 0 Å². The highest BCUT2D eigenvalue weighted by Gasteiger charge is 2.29. The largest absolute Gasteiger partial charge is 0.459 e. The zero-order valence-electron chi connectivity index (χ0n) is 11.0. The summed E-state index contributed by atoms with van der Waals surface area (Å²) in [5, 5.41) is 0. The lowest BCUT2D eigenvalue weighted by atomic mass is 10.2. The molecule has 2 rings (SSSR count). The molecule has 0 aliphatic carbocycles. The number of carbonyl (C=O) groups excluding carboxylic acids is 2. The van der Waals surface area contributed by atoms with Crippen LogP contribution in [0.5, 0.6) is 0 Å². The van der Waals surface area contributed by atoms with Gasteiger partial charge >= 0.3 is 5.97 Å². The van der Waals surface area contributed by atoms with Crippen molar-refractivity contribution in [2.75, 3.05) is 25.6 Å². The molecule has 0 saturated carbocycles. The quantitative estimate of drug-likeness (QED) is 0.619. The molecule has 20 heavy (non-hydrogen) atoms. The summed E-state index contributed by atoms with van der Waals surface area (Å²) >= 11 is 5.51. The van der Waals surface area contributed by atoms with Crippen LogP contribution in [-0.2, 0) is 25.7 Å². The summed E-state index contributed by atoms with van der Waals surface area (Å²) in [6.07, 6.45) is -0.736. The van der Waals surface area contributed by atoms with Crippen LogP contribution in [0.4, 0.5) is 0 Å². The van der Waals surface area contributed by atoms with E-state index in [0.29, 0.717) is 13.2 Å². The fraction of sp³-hybridized carbons (Fsp3) is 0.429. The van der Waals surface area contributed by atoms with Gasteiger partial charge in [-0.2, -0.15) is 0 Å². The third-order valence-electron chi connectivity index (χ3n) is 3.02. The molecule has 1 amide bonds. The maximum atomic E-state index is 11.9. The summed E-state index contributed by atoms with van der Waals surface area (Å²) in [6.45, 7) is 1.16. The Kier molecular flexibility index (Phi) is 5.38. The molecule has 1 aliphatic heterocycles. The standard InChI is InChI=1S/C14H16ClNO4/c15-8-13(17)16-6-7-19-12(9-16)14(18)20-10-11-4-2-1-3-5-11/h1-5,12H,6-10H2/t12-/m1/s1. The Morgan fingerprint density at radius 2 is 2.10 bits per heavy atom. The molecule has 1 aliphatic rings. The summed E-state index contributed by atoms with van der Waals surface area (Å²) in [4.78, 5) is 24.9. The van der Waals surface area contributed by atoms with Gasteiger partial charge in [0, 0.05) is 6.54 Å². The molecule has 108 valence electrons. The lowest BCUT2D eigenvalue weighted by Gasteiger charge is -2.31. The summed E-state index contributed by atoms with van der Waals surface area (Å²) < 4.78 is 10.5. The summed E-state index contributed by atoms with van der Waals surface area (Å²) in [7, 11) is 0. The molecule has 0 bridgehead atoms. The first-order valence-corrected chi connectivity index (χ1v) is 6.90. The fourth-order valence-electron chi connectivity index (χ4n) is 1.92. The van der Waals surface area contributed by atoms with Gasteiger partial charge in [-0.25, -0.2) is 4.79 Å². The molecule has 0 unspecified atom stereocenters. The van der Waals surface area contributed by atoms with Crippen LogP contribution in [0.3, 0.4) is 0 Å². The van der Waals surface area contributed by atoms with Crippen molar-refractivity contribution in [1.29, 1.82) is 0 Å². The number of alkyl halides is 1. The van der Waals surface area contributed by atoms with Crippen LogP contribution in [0.2, 0.25) is 0 Å². The number of morpholine rings is 1. The maximum absolute atomic E-state index is 11.9. The highest BCUT2D eigenvalue weighted by atomic mass is 35.5. The fourth-order valence-corrected chi connectivity index (χ4v) is 2.09. The Morgan fingerprint density at radius 3 is 2.80 bits per heavy atom. The van der Waals surface area contributed by atoms with E-state index in [4.69, 9.17) is 21.1 Å². The molecule has 5 nitrogen and oxygen atoms in total. The van der Waals surface area contributed by atoms with E-state index >= 15 is 0 Å². The number of rotatable bonds is 4. The molecular weight excluding hydrogens is 282 g/mol. The van der Waals surface area contributed by atoms with Crippen LogP contribution in [0.15, 0.2) is 30.3 Å². The van der Waals surface area contributed by atoms with Gasteiger partial charge in [0.1, 0.15) is 12.5 Å². The molecule has 1 aromatic rings. The first-order valence-electron chi connectivity index (χ1n) is 6.36. The van der Waals surface area contributed by atoms with E-state index in [2.05, 4.69) is 0 Å². The number of nitrogens with zero attached hydrogens (tertiary/aromatic N) is 1. The van der Waals surface area contributed by atoms with Crippen LogP contribution in [-0.4, -0.2) is 48.5 Å². The van der Waals surface area contributed by atoms with Gasteiger partial charge in [0.05, 0.1) is 13.2 Å². The van der Waals surface area contributed by atoms with Crippen molar-refractivity contribution in [2.24, 2.45) is 0 Å². The minimum absolute atomic E-state index is 0.0915. The highest BCUT2D eigenvalue weighted by Crippen LogP contribution is 2.09. The second kappa shape index (κ2) is 7.26. The number of halogens is 1. The Morgan fingerprint density at radius 1 is 1.35 bits per heavy atom. The number of amides is 1. The van der Waals surface area contributed by atoms with Gasteiger partial charge in [0.2, 0.25) is 5.91 Å². The van der Waals surface area contributed by atoms with Crippen molar-refractivity contribution in [3.05, 3.63) is 35.9 Å². The van der Waals surface area contributed by atoms with E-state index < -0.39 is 12.1 Å². The second-order valence-electron chi connectivity index (χ2n) is 4.43. The van der Waals surface area contributed by atoms with Crippen LogP contribution in [0.1, 0.15) is 5.56 Å². The van der Waals surface area contributed by atoms with E-state index in [1.54, 1.807) is 0 Å².